The Hall–Kier alpha value is -2.15. The third-order valence-electron chi connectivity index (χ3n) is 3.32. The van der Waals surface area contributed by atoms with Crippen molar-refractivity contribution in [3.05, 3.63) is 70.4 Å². The molecule has 1 aromatic heterocycles. The SMILES string of the molecule is N#CC(NCc1cccs1)c1cccc2ccccc12. The molecule has 2 aromatic carbocycles. The molecule has 1 N–H and O–H groups in total. The molecule has 0 radical (unpaired) electrons. The third kappa shape index (κ3) is 2.57. The highest BCUT2D eigenvalue weighted by Gasteiger charge is 2.12. The maximum Gasteiger partial charge on any atom is 0.122 e. The maximum absolute atomic E-state index is 9.46. The summed E-state index contributed by atoms with van der Waals surface area (Å²) in [5, 5.41) is 17.1. The van der Waals surface area contributed by atoms with Crippen LogP contribution in [0.25, 0.3) is 10.8 Å². The molecule has 98 valence electrons. The Bertz CT molecular complexity index is 736. The van der Waals surface area contributed by atoms with Crippen LogP contribution < -0.4 is 5.32 Å². The molecule has 0 amide bonds. The molecule has 0 bridgehead atoms. The summed E-state index contributed by atoms with van der Waals surface area (Å²) >= 11 is 1.70. The Morgan fingerprint density at radius 2 is 1.90 bits per heavy atom. The van der Waals surface area contributed by atoms with Gasteiger partial charge in [0.05, 0.1) is 6.07 Å². The first-order valence-electron chi connectivity index (χ1n) is 6.51. The molecular formula is C17H14N2S. The summed E-state index contributed by atoms with van der Waals surface area (Å²) in [5.74, 6) is 0. The standard InChI is InChI=1S/C17H14N2S/c18-11-17(19-12-14-7-4-10-20-14)16-9-3-6-13-5-1-2-8-15(13)16/h1-10,17,19H,12H2. The molecule has 1 heterocycles. The van der Waals surface area contributed by atoms with Crippen LogP contribution in [0.5, 0.6) is 0 Å². The van der Waals surface area contributed by atoms with E-state index in [1.54, 1.807) is 11.3 Å². The van der Waals surface area contributed by atoms with Gasteiger partial charge in [0.1, 0.15) is 6.04 Å². The normalized spacial score (nSPS) is 12.2. The molecule has 1 unspecified atom stereocenters. The van der Waals surface area contributed by atoms with E-state index in [2.05, 4.69) is 41.0 Å². The van der Waals surface area contributed by atoms with E-state index in [0.29, 0.717) is 0 Å². The summed E-state index contributed by atoms with van der Waals surface area (Å²) in [7, 11) is 0. The Labute approximate surface area is 122 Å². The quantitative estimate of drug-likeness (QED) is 0.774. The zero-order valence-electron chi connectivity index (χ0n) is 10.9. The van der Waals surface area contributed by atoms with Crippen molar-refractivity contribution >= 4 is 22.1 Å². The number of thiophene rings is 1. The Morgan fingerprint density at radius 3 is 2.70 bits per heavy atom. The number of nitrogens with zero attached hydrogens (tertiary/aromatic N) is 1. The first-order chi connectivity index (χ1) is 9.88. The van der Waals surface area contributed by atoms with Gasteiger partial charge in [0.25, 0.3) is 0 Å². The highest BCUT2D eigenvalue weighted by atomic mass is 32.1. The number of benzene rings is 2. The van der Waals surface area contributed by atoms with E-state index in [4.69, 9.17) is 0 Å². The van der Waals surface area contributed by atoms with Gasteiger partial charge in [-0.25, -0.2) is 0 Å². The fourth-order valence-corrected chi connectivity index (χ4v) is 3.00. The predicted octanol–water partition coefficient (Wildman–Crippen LogP) is 4.26. The zero-order chi connectivity index (χ0) is 13.8. The van der Waals surface area contributed by atoms with E-state index < -0.39 is 0 Å². The molecule has 0 aliphatic carbocycles. The van der Waals surface area contributed by atoms with Crippen molar-refractivity contribution in [3.8, 4) is 6.07 Å². The van der Waals surface area contributed by atoms with Crippen LogP contribution in [0.2, 0.25) is 0 Å². The lowest BCUT2D eigenvalue weighted by Gasteiger charge is -2.13. The Balaban J connectivity index is 1.89. The van der Waals surface area contributed by atoms with E-state index in [0.717, 1.165) is 17.5 Å². The topological polar surface area (TPSA) is 35.8 Å². The number of fused-ring (bicyclic) bond motifs is 1. The fourth-order valence-electron chi connectivity index (χ4n) is 2.34. The van der Waals surface area contributed by atoms with Crippen molar-refractivity contribution in [2.24, 2.45) is 0 Å². The van der Waals surface area contributed by atoms with Gasteiger partial charge in [0.15, 0.2) is 0 Å². The first kappa shape index (κ1) is 12.9. The lowest BCUT2D eigenvalue weighted by molar-refractivity contribution is 0.639. The van der Waals surface area contributed by atoms with Gasteiger partial charge in [-0.3, -0.25) is 5.32 Å². The number of hydrogen-bond donors (Lipinski definition) is 1. The summed E-state index contributed by atoms with van der Waals surface area (Å²) < 4.78 is 0. The minimum Gasteiger partial charge on any atom is -0.293 e. The molecular weight excluding hydrogens is 264 g/mol. The largest absolute Gasteiger partial charge is 0.293 e. The van der Waals surface area contributed by atoms with E-state index in [1.165, 1.54) is 10.3 Å². The Kier molecular flexibility index (Phi) is 3.78. The van der Waals surface area contributed by atoms with Crippen LogP contribution in [0.3, 0.4) is 0 Å². The summed E-state index contributed by atoms with van der Waals surface area (Å²) in [6, 6.07) is 20.5. The Morgan fingerprint density at radius 1 is 1.05 bits per heavy atom. The van der Waals surface area contributed by atoms with Crippen molar-refractivity contribution in [2.75, 3.05) is 0 Å². The van der Waals surface area contributed by atoms with Crippen LogP contribution in [0.1, 0.15) is 16.5 Å². The summed E-state index contributed by atoms with van der Waals surface area (Å²) in [6.07, 6.45) is 0. The lowest BCUT2D eigenvalue weighted by Crippen LogP contribution is -2.19. The average molecular weight is 278 g/mol. The molecule has 0 aliphatic rings. The average Bonchev–Trinajstić information content (AvgIpc) is 3.01. The summed E-state index contributed by atoms with van der Waals surface area (Å²) in [4.78, 5) is 1.24. The number of rotatable bonds is 4. The number of hydrogen-bond acceptors (Lipinski definition) is 3. The third-order valence-corrected chi connectivity index (χ3v) is 4.20. The monoisotopic (exact) mass is 278 g/mol. The van der Waals surface area contributed by atoms with Gasteiger partial charge in [-0.15, -0.1) is 11.3 Å². The molecule has 0 saturated carbocycles. The number of nitriles is 1. The molecule has 0 aliphatic heterocycles. The highest BCUT2D eigenvalue weighted by molar-refractivity contribution is 7.09. The molecule has 0 fully saturated rings. The zero-order valence-corrected chi connectivity index (χ0v) is 11.7. The molecule has 0 saturated heterocycles. The van der Waals surface area contributed by atoms with Crippen LogP contribution in [0.4, 0.5) is 0 Å². The molecule has 3 heteroatoms. The van der Waals surface area contributed by atoms with Crippen LogP contribution in [-0.2, 0) is 6.54 Å². The van der Waals surface area contributed by atoms with Crippen molar-refractivity contribution < 1.29 is 0 Å². The van der Waals surface area contributed by atoms with E-state index in [-0.39, 0.29) is 6.04 Å². The van der Waals surface area contributed by atoms with Gasteiger partial charge in [-0.1, -0.05) is 48.5 Å². The second-order valence-electron chi connectivity index (χ2n) is 4.59. The van der Waals surface area contributed by atoms with Gasteiger partial charge in [0.2, 0.25) is 0 Å². The van der Waals surface area contributed by atoms with Gasteiger partial charge in [0, 0.05) is 11.4 Å². The lowest BCUT2D eigenvalue weighted by atomic mass is 9.99. The van der Waals surface area contributed by atoms with Gasteiger partial charge in [-0.05, 0) is 27.8 Å². The van der Waals surface area contributed by atoms with Crippen LogP contribution in [-0.4, -0.2) is 0 Å². The van der Waals surface area contributed by atoms with Crippen molar-refractivity contribution in [3.63, 3.8) is 0 Å². The minimum atomic E-state index is -0.289. The van der Waals surface area contributed by atoms with Crippen molar-refractivity contribution in [1.82, 2.24) is 5.32 Å². The summed E-state index contributed by atoms with van der Waals surface area (Å²) in [5.41, 5.74) is 1.04. The maximum atomic E-state index is 9.46. The second kappa shape index (κ2) is 5.87. The van der Waals surface area contributed by atoms with E-state index in [1.807, 2.05) is 30.3 Å². The van der Waals surface area contributed by atoms with Crippen LogP contribution in [0.15, 0.2) is 60.0 Å². The van der Waals surface area contributed by atoms with Crippen molar-refractivity contribution in [1.29, 1.82) is 5.26 Å². The van der Waals surface area contributed by atoms with Gasteiger partial charge < -0.3 is 0 Å². The van der Waals surface area contributed by atoms with Gasteiger partial charge in [-0.2, -0.15) is 5.26 Å². The van der Waals surface area contributed by atoms with Crippen LogP contribution >= 0.6 is 11.3 Å². The van der Waals surface area contributed by atoms with Crippen LogP contribution in [0, 0.1) is 11.3 Å². The predicted molar refractivity (Wildman–Crippen MR) is 83.5 cm³/mol. The smallest absolute Gasteiger partial charge is 0.122 e. The van der Waals surface area contributed by atoms with E-state index >= 15 is 0 Å². The highest BCUT2D eigenvalue weighted by Crippen LogP contribution is 2.24. The molecule has 1 atom stereocenters. The van der Waals surface area contributed by atoms with E-state index in [9.17, 15) is 5.26 Å². The molecule has 3 aromatic rings. The van der Waals surface area contributed by atoms with Gasteiger partial charge >= 0.3 is 0 Å². The molecule has 3 rings (SSSR count). The first-order valence-corrected chi connectivity index (χ1v) is 7.39. The molecule has 2 nitrogen and oxygen atoms in total. The van der Waals surface area contributed by atoms with Crippen molar-refractivity contribution in [2.45, 2.75) is 12.6 Å². The second-order valence-corrected chi connectivity index (χ2v) is 5.62. The minimum absolute atomic E-state index is 0.289. The molecule has 20 heavy (non-hydrogen) atoms. The fraction of sp³-hybridized carbons (Fsp3) is 0.118. The molecule has 0 spiro atoms. The number of nitrogens with one attached hydrogen (secondary N) is 1. The summed E-state index contributed by atoms with van der Waals surface area (Å²) in [6.45, 7) is 0.721.